The van der Waals surface area contributed by atoms with Gasteiger partial charge in [-0.25, -0.2) is 0 Å². The molecule has 4 aromatic rings. The SMILES string of the molecule is Cc1noc(-c2ccccc2-c2ccc(CN3C(=O)C(NC(=O)CC(C)(C)N)CCc4ccccc43)cc2)n1. The molecular formula is C31H33N5O3. The third kappa shape index (κ3) is 6.07. The Balaban J connectivity index is 1.40. The zero-order chi connectivity index (χ0) is 27.6. The van der Waals surface area contributed by atoms with E-state index in [4.69, 9.17) is 10.3 Å². The van der Waals surface area contributed by atoms with E-state index < -0.39 is 11.6 Å². The van der Waals surface area contributed by atoms with Gasteiger partial charge in [-0.1, -0.05) is 65.8 Å². The van der Waals surface area contributed by atoms with Crippen LogP contribution in [-0.4, -0.2) is 33.5 Å². The zero-order valence-corrected chi connectivity index (χ0v) is 22.5. The third-order valence-corrected chi connectivity index (χ3v) is 6.79. The van der Waals surface area contributed by atoms with Crippen molar-refractivity contribution in [1.82, 2.24) is 15.5 Å². The van der Waals surface area contributed by atoms with E-state index in [-0.39, 0.29) is 18.2 Å². The molecule has 0 saturated carbocycles. The van der Waals surface area contributed by atoms with Crippen LogP contribution in [0.1, 0.15) is 43.6 Å². The first-order valence-corrected chi connectivity index (χ1v) is 13.1. The maximum atomic E-state index is 13.8. The number of aromatic nitrogens is 2. The van der Waals surface area contributed by atoms with E-state index in [2.05, 4.69) is 15.5 Å². The van der Waals surface area contributed by atoms with Gasteiger partial charge in [0.15, 0.2) is 5.82 Å². The van der Waals surface area contributed by atoms with Gasteiger partial charge in [-0.3, -0.25) is 9.59 Å². The second kappa shape index (κ2) is 10.8. The van der Waals surface area contributed by atoms with Crippen molar-refractivity contribution in [3.8, 4) is 22.6 Å². The smallest absolute Gasteiger partial charge is 0.258 e. The lowest BCUT2D eigenvalue weighted by Crippen LogP contribution is -2.49. The summed E-state index contributed by atoms with van der Waals surface area (Å²) in [6, 6.07) is 23.3. The van der Waals surface area contributed by atoms with Gasteiger partial charge in [-0.05, 0) is 68.0 Å². The van der Waals surface area contributed by atoms with Crippen LogP contribution in [0.2, 0.25) is 0 Å². The Hall–Kier alpha value is -4.30. The molecule has 1 aromatic heterocycles. The molecule has 0 fully saturated rings. The molecule has 8 heteroatoms. The largest absolute Gasteiger partial charge is 0.344 e. The van der Waals surface area contributed by atoms with Gasteiger partial charge in [0, 0.05) is 23.2 Å². The zero-order valence-electron chi connectivity index (χ0n) is 22.5. The summed E-state index contributed by atoms with van der Waals surface area (Å²) in [7, 11) is 0. The van der Waals surface area contributed by atoms with Crippen molar-refractivity contribution in [1.29, 1.82) is 0 Å². The van der Waals surface area contributed by atoms with Gasteiger partial charge in [-0.2, -0.15) is 4.98 Å². The van der Waals surface area contributed by atoms with Crippen LogP contribution in [0.3, 0.4) is 0 Å². The Labute approximate surface area is 228 Å². The van der Waals surface area contributed by atoms with Crippen LogP contribution in [0.5, 0.6) is 0 Å². The second-order valence-electron chi connectivity index (χ2n) is 10.8. The van der Waals surface area contributed by atoms with Crippen molar-refractivity contribution in [2.75, 3.05) is 4.90 Å². The summed E-state index contributed by atoms with van der Waals surface area (Å²) < 4.78 is 5.42. The topological polar surface area (TPSA) is 114 Å². The van der Waals surface area contributed by atoms with Gasteiger partial charge in [-0.15, -0.1) is 0 Å². The van der Waals surface area contributed by atoms with E-state index in [0.29, 0.717) is 31.1 Å². The summed E-state index contributed by atoms with van der Waals surface area (Å²) in [4.78, 5) is 32.6. The molecule has 0 bridgehead atoms. The fraction of sp³-hybridized carbons (Fsp3) is 0.290. The molecule has 0 radical (unpaired) electrons. The Kier molecular flexibility index (Phi) is 7.30. The molecule has 1 aliphatic heterocycles. The van der Waals surface area contributed by atoms with Crippen molar-refractivity contribution in [3.63, 3.8) is 0 Å². The normalized spacial score (nSPS) is 15.5. The molecule has 1 atom stereocenters. The van der Waals surface area contributed by atoms with Gasteiger partial charge in [0.05, 0.1) is 6.54 Å². The minimum atomic E-state index is -0.650. The van der Waals surface area contributed by atoms with Crippen LogP contribution in [-0.2, 0) is 22.6 Å². The van der Waals surface area contributed by atoms with Crippen molar-refractivity contribution in [2.24, 2.45) is 5.73 Å². The maximum Gasteiger partial charge on any atom is 0.258 e. The number of rotatable bonds is 7. The number of hydrogen-bond donors (Lipinski definition) is 2. The van der Waals surface area contributed by atoms with Crippen molar-refractivity contribution < 1.29 is 14.1 Å². The number of nitrogens with two attached hydrogens (primary N) is 1. The van der Waals surface area contributed by atoms with Crippen LogP contribution in [0.4, 0.5) is 5.69 Å². The van der Waals surface area contributed by atoms with E-state index in [0.717, 1.165) is 33.5 Å². The van der Waals surface area contributed by atoms with Crippen molar-refractivity contribution >= 4 is 17.5 Å². The lowest BCUT2D eigenvalue weighted by Gasteiger charge is -2.27. The molecule has 8 nitrogen and oxygen atoms in total. The number of aryl methyl sites for hydroxylation is 2. The average molecular weight is 524 g/mol. The highest BCUT2D eigenvalue weighted by Crippen LogP contribution is 2.32. The average Bonchev–Trinajstić information content (AvgIpc) is 3.30. The molecule has 1 unspecified atom stereocenters. The van der Waals surface area contributed by atoms with Crippen LogP contribution in [0, 0.1) is 6.92 Å². The van der Waals surface area contributed by atoms with Crippen LogP contribution in [0.25, 0.3) is 22.6 Å². The first-order valence-electron chi connectivity index (χ1n) is 13.1. The maximum absolute atomic E-state index is 13.8. The highest BCUT2D eigenvalue weighted by Gasteiger charge is 2.32. The molecular weight excluding hydrogens is 490 g/mol. The van der Waals surface area contributed by atoms with Gasteiger partial charge in [0.1, 0.15) is 6.04 Å². The number of nitrogens with one attached hydrogen (secondary N) is 1. The molecule has 200 valence electrons. The number of fused-ring (bicyclic) bond motifs is 1. The molecule has 3 N–H and O–H groups in total. The van der Waals surface area contributed by atoms with Crippen LogP contribution >= 0.6 is 0 Å². The number of benzene rings is 3. The van der Waals surface area contributed by atoms with Gasteiger partial charge in [0.25, 0.3) is 5.89 Å². The lowest BCUT2D eigenvalue weighted by atomic mass is 9.98. The number of carbonyl (C=O) groups is 2. The standard InChI is InChI=1S/C31H33N5O3/c1-20-33-29(39-35-20)25-10-6-5-9-24(25)22-14-12-21(13-15-22)19-36-27-11-7-4-8-23(27)16-17-26(30(36)38)34-28(37)18-31(2,3)32/h4-15,26H,16-19,32H2,1-3H3,(H,34,37). The van der Waals surface area contributed by atoms with E-state index in [1.807, 2.05) is 72.8 Å². The molecule has 1 aliphatic rings. The minimum absolute atomic E-state index is 0.121. The van der Waals surface area contributed by atoms with Crippen LogP contribution in [0.15, 0.2) is 77.3 Å². The Morgan fingerprint density at radius 1 is 1.05 bits per heavy atom. The van der Waals surface area contributed by atoms with Crippen molar-refractivity contribution in [3.05, 3.63) is 89.7 Å². The predicted molar refractivity (Wildman–Crippen MR) is 151 cm³/mol. The molecule has 0 saturated heterocycles. The number of nitrogens with zero attached hydrogens (tertiary/aromatic N) is 3. The summed E-state index contributed by atoms with van der Waals surface area (Å²) in [5.74, 6) is 0.722. The van der Waals surface area contributed by atoms with Crippen LogP contribution < -0.4 is 16.0 Å². The summed E-state index contributed by atoms with van der Waals surface area (Å²) in [5, 5.41) is 6.87. The monoisotopic (exact) mass is 523 g/mol. The van der Waals surface area contributed by atoms with Gasteiger partial charge in [0.2, 0.25) is 11.8 Å². The Bertz CT molecular complexity index is 1490. The highest BCUT2D eigenvalue weighted by atomic mass is 16.5. The first-order chi connectivity index (χ1) is 18.7. The summed E-state index contributed by atoms with van der Waals surface area (Å²) in [6.07, 6.45) is 1.38. The molecule has 0 aliphatic carbocycles. The predicted octanol–water partition coefficient (Wildman–Crippen LogP) is 4.80. The second-order valence-corrected chi connectivity index (χ2v) is 10.8. The summed E-state index contributed by atoms with van der Waals surface area (Å²) in [6.45, 7) is 5.78. The number of para-hydroxylation sites is 1. The fourth-order valence-electron chi connectivity index (χ4n) is 4.97. The highest BCUT2D eigenvalue weighted by molar-refractivity contribution is 6.00. The Morgan fingerprint density at radius 2 is 1.74 bits per heavy atom. The van der Waals surface area contributed by atoms with Gasteiger partial charge >= 0.3 is 0 Å². The number of anilines is 1. The van der Waals surface area contributed by atoms with Gasteiger partial charge < -0.3 is 20.5 Å². The summed E-state index contributed by atoms with van der Waals surface area (Å²) >= 11 is 0. The fourth-order valence-corrected chi connectivity index (χ4v) is 4.97. The quantitative estimate of drug-likeness (QED) is 0.360. The summed E-state index contributed by atoms with van der Waals surface area (Å²) in [5.41, 5.74) is 11.2. The van der Waals surface area contributed by atoms with E-state index in [1.165, 1.54) is 0 Å². The molecule has 39 heavy (non-hydrogen) atoms. The van der Waals surface area contributed by atoms with E-state index in [9.17, 15) is 9.59 Å². The van der Waals surface area contributed by atoms with Crippen molar-refractivity contribution in [2.45, 2.75) is 58.2 Å². The number of carbonyl (C=O) groups excluding carboxylic acids is 2. The molecule has 0 spiro atoms. The molecule has 3 aromatic carbocycles. The molecule has 2 heterocycles. The number of amides is 2. The first kappa shape index (κ1) is 26.3. The Morgan fingerprint density at radius 3 is 2.44 bits per heavy atom. The van der Waals surface area contributed by atoms with E-state index >= 15 is 0 Å². The lowest BCUT2D eigenvalue weighted by molar-refractivity contribution is -0.128. The number of hydrogen-bond acceptors (Lipinski definition) is 6. The third-order valence-electron chi connectivity index (χ3n) is 6.79. The molecule has 2 amide bonds. The molecule has 5 rings (SSSR count). The van der Waals surface area contributed by atoms with E-state index in [1.54, 1.807) is 25.7 Å². The minimum Gasteiger partial charge on any atom is -0.344 e.